The first-order chi connectivity index (χ1) is 20.5. The van der Waals surface area contributed by atoms with Gasteiger partial charge in [-0.05, 0) is 92.1 Å². The molecule has 0 unspecified atom stereocenters. The summed E-state index contributed by atoms with van der Waals surface area (Å²) in [5.41, 5.74) is 0.888. The number of hydrogen-bond donors (Lipinski definition) is 2. The maximum atomic E-state index is 12.6. The SMILES string of the molecule is Cc1cc(OC(=O)c2ccc(OC(=O)CCCC(=O)O)cc2)ccc1OC(=O)c1ccc(OC(=O)CCCC(=O)O)cc1. The lowest BCUT2D eigenvalue weighted by Crippen LogP contribution is -2.11. The van der Waals surface area contributed by atoms with Gasteiger partial charge in [0.25, 0.3) is 0 Å². The van der Waals surface area contributed by atoms with Gasteiger partial charge in [0.2, 0.25) is 0 Å². The Morgan fingerprint density at radius 2 is 0.953 bits per heavy atom. The number of rotatable bonds is 14. The van der Waals surface area contributed by atoms with Crippen molar-refractivity contribution in [2.45, 2.75) is 45.4 Å². The van der Waals surface area contributed by atoms with Crippen LogP contribution < -0.4 is 18.9 Å². The van der Waals surface area contributed by atoms with E-state index in [1.807, 2.05) is 0 Å². The second-order valence-electron chi connectivity index (χ2n) is 9.20. The average Bonchev–Trinajstić information content (AvgIpc) is 2.94. The number of aliphatic carboxylic acids is 2. The number of aryl methyl sites for hydroxylation is 1. The third-order valence-corrected chi connectivity index (χ3v) is 5.75. The molecule has 224 valence electrons. The van der Waals surface area contributed by atoms with Crippen LogP contribution in [-0.2, 0) is 19.2 Å². The van der Waals surface area contributed by atoms with Crippen LogP contribution in [0.1, 0.15) is 64.8 Å². The van der Waals surface area contributed by atoms with E-state index in [0.29, 0.717) is 5.56 Å². The van der Waals surface area contributed by atoms with Gasteiger partial charge in [0.05, 0.1) is 11.1 Å². The molecule has 2 N–H and O–H groups in total. The fourth-order valence-corrected chi connectivity index (χ4v) is 3.58. The predicted molar refractivity (Wildman–Crippen MR) is 148 cm³/mol. The van der Waals surface area contributed by atoms with E-state index in [2.05, 4.69) is 0 Å². The van der Waals surface area contributed by atoms with Gasteiger partial charge in [-0.1, -0.05) is 0 Å². The van der Waals surface area contributed by atoms with Crippen molar-refractivity contribution in [1.29, 1.82) is 0 Å². The molecule has 0 saturated heterocycles. The molecule has 0 amide bonds. The van der Waals surface area contributed by atoms with Crippen molar-refractivity contribution in [1.82, 2.24) is 0 Å². The minimum atomic E-state index is -1.00. The lowest BCUT2D eigenvalue weighted by atomic mass is 10.2. The topological polar surface area (TPSA) is 180 Å². The van der Waals surface area contributed by atoms with E-state index >= 15 is 0 Å². The van der Waals surface area contributed by atoms with Crippen molar-refractivity contribution in [2.75, 3.05) is 0 Å². The molecule has 0 aromatic heterocycles. The molecule has 0 bridgehead atoms. The van der Waals surface area contributed by atoms with E-state index in [-0.39, 0.29) is 72.6 Å². The Labute approximate surface area is 245 Å². The number of benzene rings is 3. The average molecular weight is 593 g/mol. The lowest BCUT2D eigenvalue weighted by molar-refractivity contribution is -0.139. The fourth-order valence-electron chi connectivity index (χ4n) is 3.58. The van der Waals surface area contributed by atoms with Crippen LogP contribution in [-0.4, -0.2) is 46.0 Å². The number of esters is 4. The number of ether oxygens (including phenoxy) is 4. The molecule has 0 spiro atoms. The van der Waals surface area contributed by atoms with Crippen LogP contribution in [0, 0.1) is 6.92 Å². The summed E-state index contributed by atoms with van der Waals surface area (Å²) in [5, 5.41) is 17.3. The van der Waals surface area contributed by atoms with Gasteiger partial charge in [0.1, 0.15) is 23.0 Å². The zero-order valence-electron chi connectivity index (χ0n) is 23.1. The van der Waals surface area contributed by atoms with Gasteiger partial charge in [-0.3, -0.25) is 19.2 Å². The largest absolute Gasteiger partial charge is 0.481 e. The fraction of sp³-hybridized carbons (Fsp3) is 0.226. The van der Waals surface area contributed by atoms with Gasteiger partial charge < -0.3 is 29.2 Å². The van der Waals surface area contributed by atoms with Gasteiger partial charge in [0.15, 0.2) is 0 Å². The molecular weight excluding hydrogens is 564 g/mol. The molecule has 0 saturated carbocycles. The van der Waals surface area contributed by atoms with Crippen LogP contribution in [0.3, 0.4) is 0 Å². The molecular formula is C31H28O12. The first-order valence-corrected chi connectivity index (χ1v) is 13.1. The second kappa shape index (κ2) is 15.5. The number of carbonyl (C=O) groups excluding carboxylic acids is 4. The van der Waals surface area contributed by atoms with Crippen molar-refractivity contribution in [3.63, 3.8) is 0 Å². The summed E-state index contributed by atoms with van der Waals surface area (Å²) in [6.45, 7) is 1.66. The van der Waals surface area contributed by atoms with Crippen molar-refractivity contribution < 1.29 is 57.9 Å². The van der Waals surface area contributed by atoms with E-state index < -0.39 is 35.8 Å². The van der Waals surface area contributed by atoms with Crippen molar-refractivity contribution in [2.24, 2.45) is 0 Å². The molecule has 12 nitrogen and oxygen atoms in total. The Bertz CT molecular complexity index is 1490. The molecule has 0 aliphatic rings. The van der Waals surface area contributed by atoms with Gasteiger partial charge in [0, 0.05) is 25.7 Å². The van der Waals surface area contributed by atoms with Crippen LogP contribution in [0.2, 0.25) is 0 Å². The summed E-state index contributed by atoms with van der Waals surface area (Å²) in [4.78, 5) is 69.8. The Morgan fingerprint density at radius 1 is 0.535 bits per heavy atom. The first-order valence-electron chi connectivity index (χ1n) is 13.1. The molecule has 12 heteroatoms. The van der Waals surface area contributed by atoms with Crippen molar-refractivity contribution >= 4 is 35.8 Å². The number of hydrogen-bond acceptors (Lipinski definition) is 10. The minimum absolute atomic E-state index is 0.0526. The molecule has 3 aromatic carbocycles. The third-order valence-electron chi connectivity index (χ3n) is 5.75. The smallest absolute Gasteiger partial charge is 0.343 e. The molecule has 0 aliphatic carbocycles. The Balaban J connectivity index is 1.51. The maximum Gasteiger partial charge on any atom is 0.343 e. The van der Waals surface area contributed by atoms with E-state index in [0.717, 1.165) is 0 Å². The highest BCUT2D eigenvalue weighted by Gasteiger charge is 2.15. The molecule has 0 atom stereocenters. The highest BCUT2D eigenvalue weighted by atomic mass is 16.5. The van der Waals surface area contributed by atoms with Gasteiger partial charge in [-0.15, -0.1) is 0 Å². The van der Waals surface area contributed by atoms with E-state index in [1.54, 1.807) is 6.92 Å². The molecule has 0 heterocycles. The maximum absolute atomic E-state index is 12.6. The minimum Gasteiger partial charge on any atom is -0.481 e. The number of carboxylic acid groups (broad SMARTS) is 2. The zero-order valence-corrected chi connectivity index (χ0v) is 23.1. The van der Waals surface area contributed by atoms with Crippen LogP contribution in [0.5, 0.6) is 23.0 Å². The molecule has 3 rings (SSSR count). The normalized spacial score (nSPS) is 10.3. The zero-order chi connectivity index (χ0) is 31.4. The molecule has 0 fully saturated rings. The second-order valence-corrected chi connectivity index (χ2v) is 9.20. The van der Waals surface area contributed by atoms with Gasteiger partial charge >= 0.3 is 35.8 Å². The van der Waals surface area contributed by atoms with E-state index in [1.165, 1.54) is 66.7 Å². The third kappa shape index (κ3) is 10.8. The summed E-state index contributed by atoms with van der Waals surface area (Å²) >= 11 is 0. The van der Waals surface area contributed by atoms with Crippen LogP contribution in [0.4, 0.5) is 0 Å². The van der Waals surface area contributed by atoms with E-state index in [4.69, 9.17) is 29.2 Å². The summed E-state index contributed by atoms with van der Waals surface area (Å²) in [6, 6.07) is 15.8. The van der Waals surface area contributed by atoms with E-state index in [9.17, 15) is 28.8 Å². The first kappa shape index (κ1) is 32.0. The van der Waals surface area contributed by atoms with Crippen molar-refractivity contribution in [3.8, 4) is 23.0 Å². The number of carbonyl (C=O) groups is 6. The van der Waals surface area contributed by atoms with Crippen LogP contribution >= 0.6 is 0 Å². The van der Waals surface area contributed by atoms with Gasteiger partial charge in [-0.25, -0.2) is 9.59 Å². The van der Waals surface area contributed by atoms with Gasteiger partial charge in [-0.2, -0.15) is 0 Å². The Kier molecular flexibility index (Phi) is 11.5. The highest BCUT2D eigenvalue weighted by molar-refractivity contribution is 5.92. The number of carboxylic acids is 2. The quantitative estimate of drug-likeness (QED) is 0.194. The highest BCUT2D eigenvalue weighted by Crippen LogP contribution is 2.26. The summed E-state index contributed by atoms with van der Waals surface area (Å²) in [5.74, 6) is -3.69. The molecule has 3 aromatic rings. The monoisotopic (exact) mass is 592 g/mol. The van der Waals surface area contributed by atoms with Crippen molar-refractivity contribution in [3.05, 3.63) is 83.4 Å². The Hall–Kier alpha value is -5.52. The van der Waals surface area contributed by atoms with Crippen LogP contribution in [0.15, 0.2) is 66.7 Å². The molecule has 0 radical (unpaired) electrons. The standard InChI is InChI=1S/C31H28O12/c1-19-18-24(42-30(38)20-8-12-22(13-9-20)40-28(36)6-2-4-26(32)33)16-17-25(19)43-31(39)21-10-14-23(15-11-21)41-29(37)7-3-5-27(34)35/h8-18H,2-7H2,1H3,(H,32,33)(H,34,35). The summed E-state index contributed by atoms with van der Waals surface area (Å²) in [6.07, 6.45) is -0.0797. The van der Waals surface area contributed by atoms with Crippen LogP contribution in [0.25, 0.3) is 0 Å². The summed E-state index contributed by atoms with van der Waals surface area (Å²) < 4.78 is 21.1. The Morgan fingerprint density at radius 3 is 1.37 bits per heavy atom. The molecule has 0 aliphatic heterocycles. The predicted octanol–water partition coefficient (Wildman–Crippen LogP) is 4.75. The summed E-state index contributed by atoms with van der Waals surface area (Å²) in [7, 11) is 0. The lowest BCUT2D eigenvalue weighted by Gasteiger charge is -2.11. The molecule has 43 heavy (non-hydrogen) atoms.